The highest BCUT2D eigenvalue weighted by molar-refractivity contribution is 5.80. The monoisotopic (exact) mass is 259 g/mol. The van der Waals surface area contributed by atoms with Gasteiger partial charge in [0.1, 0.15) is 19.0 Å². The number of hydrogen-bond donors (Lipinski definition) is 2. The minimum atomic E-state index is 0.347. The molecular weight excluding hydrogens is 242 g/mol. The second-order valence-electron chi connectivity index (χ2n) is 5.14. The van der Waals surface area contributed by atoms with Crippen molar-refractivity contribution in [3.05, 3.63) is 18.0 Å². The quantitative estimate of drug-likeness (QED) is 0.824. The molecular formula is C14H17N3O2. The van der Waals surface area contributed by atoms with E-state index >= 15 is 0 Å². The fourth-order valence-corrected chi connectivity index (χ4v) is 2.82. The molecule has 2 aliphatic heterocycles. The van der Waals surface area contributed by atoms with Crippen LogP contribution in [-0.4, -0.2) is 29.7 Å². The van der Waals surface area contributed by atoms with E-state index in [1.54, 1.807) is 0 Å². The van der Waals surface area contributed by atoms with Crippen molar-refractivity contribution < 1.29 is 9.47 Å². The summed E-state index contributed by atoms with van der Waals surface area (Å²) in [4.78, 5) is 8.10. The Balaban J connectivity index is 1.73. The Morgan fingerprint density at radius 3 is 2.74 bits per heavy atom. The molecule has 1 unspecified atom stereocenters. The van der Waals surface area contributed by atoms with Gasteiger partial charge in [-0.3, -0.25) is 0 Å². The molecule has 0 radical (unpaired) electrons. The molecule has 5 heteroatoms. The van der Waals surface area contributed by atoms with Crippen molar-refractivity contribution in [2.24, 2.45) is 0 Å². The van der Waals surface area contributed by atoms with E-state index in [1.807, 2.05) is 12.1 Å². The maximum absolute atomic E-state index is 5.60. The lowest BCUT2D eigenvalue weighted by Crippen LogP contribution is -2.27. The first-order chi connectivity index (χ1) is 9.40. The molecule has 4 rings (SSSR count). The molecule has 1 saturated heterocycles. The molecule has 1 aromatic carbocycles. The minimum Gasteiger partial charge on any atom is -0.486 e. The minimum absolute atomic E-state index is 0.347. The summed E-state index contributed by atoms with van der Waals surface area (Å²) in [6.07, 6.45) is 3.66. The molecule has 5 nitrogen and oxygen atoms in total. The lowest BCUT2D eigenvalue weighted by molar-refractivity contribution is 0.172. The predicted octanol–water partition coefficient (Wildman–Crippen LogP) is 2.15. The van der Waals surface area contributed by atoms with Crippen LogP contribution in [0.5, 0.6) is 11.5 Å². The van der Waals surface area contributed by atoms with E-state index in [-0.39, 0.29) is 0 Å². The predicted molar refractivity (Wildman–Crippen MR) is 71.7 cm³/mol. The molecule has 0 spiro atoms. The number of imidazole rings is 1. The van der Waals surface area contributed by atoms with Gasteiger partial charge in [-0.15, -0.1) is 0 Å². The summed E-state index contributed by atoms with van der Waals surface area (Å²) in [5.41, 5.74) is 1.97. The van der Waals surface area contributed by atoms with E-state index in [1.165, 1.54) is 12.8 Å². The second-order valence-corrected chi connectivity index (χ2v) is 5.14. The molecule has 2 N–H and O–H groups in total. The number of benzene rings is 1. The zero-order chi connectivity index (χ0) is 12.7. The molecule has 1 fully saturated rings. The summed E-state index contributed by atoms with van der Waals surface area (Å²) in [5, 5.41) is 3.51. The molecule has 1 atom stereocenters. The van der Waals surface area contributed by atoms with E-state index in [4.69, 9.17) is 14.5 Å². The third-order valence-corrected chi connectivity index (χ3v) is 3.80. The first-order valence-electron chi connectivity index (χ1n) is 6.93. The molecule has 100 valence electrons. The van der Waals surface area contributed by atoms with Crippen LogP contribution in [0.4, 0.5) is 0 Å². The van der Waals surface area contributed by atoms with Gasteiger partial charge in [0, 0.05) is 12.1 Å². The maximum atomic E-state index is 5.60. The van der Waals surface area contributed by atoms with E-state index in [2.05, 4.69) is 10.3 Å². The van der Waals surface area contributed by atoms with Crippen LogP contribution in [0.3, 0.4) is 0 Å². The van der Waals surface area contributed by atoms with Crippen molar-refractivity contribution in [3.63, 3.8) is 0 Å². The number of nitrogens with zero attached hydrogens (tertiary/aromatic N) is 1. The zero-order valence-corrected chi connectivity index (χ0v) is 10.7. The SMILES string of the molecule is c1c2c(cc3[nH]c(C4CCCCN4)nc13)OCCO2. The number of fused-ring (bicyclic) bond motifs is 2. The van der Waals surface area contributed by atoms with Gasteiger partial charge in [0.05, 0.1) is 17.1 Å². The normalized spacial score (nSPS) is 22.6. The van der Waals surface area contributed by atoms with E-state index < -0.39 is 0 Å². The maximum Gasteiger partial charge on any atom is 0.163 e. The summed E-state index contributed by atoms with van der Waals surface area (Å²) in [6.45, 7) is 2.30. The van der Waals surface area contributed by atoms with Crippen molar-refractivity contribution in [2.45, 2.75) is 25.3 Å². The smallest absolute Gasteiger partial charge is 0.163 e. The molecule has 0 bridgehead atoms. The van der Waals surface area contributed by atoms with Gasteiger partial charge < -0.3 is 19.8 Å². The van der Waals surface area contributed by atoms with Gasteiger partial charge in [0.25, 0.3) is 0 Å². The van der Waals surface area contributed by atoms with Crippen LogP contribution in [-0.2, 0) is 0 Å². The highest BCUT2D eigenvalue weighted by Gasteiger charge is 2.20. The van der Waals surface area contributed by atoms with Crippen LogP contribution in [0.25, 0.3) is 11.0 Å². The summed E-state index contributed by atoms with van der Waals surface area (Å²) < 4.78 is 11.2. The lowest BCUT2D eigenvalue weighted by Gasteiger charge is -2.21. The Morgan fingerprint density at radius 2 is 1.95 bits per heavy atom. The lowest BCUT2D eigenvalue weighted by atomic mass is 10.0. The Bertz CT molecular complexity index is 559. The average molecular weight is 259 g/mol. The molecule has 2 aliphatic rings. The highest BCUT2D eigenvalue weighted by Crippen LogP contribution is 2.34. The van der Waals surface area contributed by atoms with E-state index in [0.717, 1.165) is 41.3 Å². The first-order valence-corrected chi connectivity index (χ1v) is 6.93. The summed E-state index contributed by atoms with van der Waals surface area (Å²) in [6, 6.07) is 4.30. The molecule has 0 aliphatic carbocycles. The topological polar surface area (TPSA) is 59.2 Å². The standard InChI is InChI=1S/C14H17N3O2/c1-2-4-15-9(3-1)14-16-10-7-12-13(8-11(10)17-14)19-6-5-18-12/h7-9,15H,1-6H2,(H,16,17). The van der Waals surface area contributed by atoms with Crippen LogP contribution >= 0.6 is 0 Å². The van der Waals surface area contributed by atoms with Crippen molar-refractivity contribution in [3.8, 4) is 11.5 Å². The molecule has 0 saturated carbocycles. The van der Waals surface area contributed by atoms with Crippen LogP contribution < -0.4 is 14.8 Å². The zero-order valence-electron chi connectivity index (χ0n) is 10.7. The van der Waals surface area contributed by atoms with Crippen LogP contribution in [0, 0.1) is 0 Å². The summed E-state index contributed by atoms with van der Waals surface area (Å²) in [5.74, 6) is 2.64. The number of rotatable bonds is 1. The number of H-pyrrole nitrogens is 1. The van der Waals surface area contributed by atoms with Crippen molar-refractivity contribution >= 4 is 11.0 Å². The Hall–Kier alpha value is -1.75. The molecule has 1 aromatic heterocycles. The van der Waals surface area contributed by atoms with Gasteiger partial charge in [-0.2, -0.15) is 0 Å². The van der Waals surface area contributed by atoms with Gasteiger partial charge in [-0.25, -0.2) is 4.98 Å². The highest BCUT2D eigenvalue weighted by atomic mass is 16.6. The van der Waals surface area contributed by atoms with Gasteiger partial charge in [0.2, 0.25) is 0 Å². The van der Waals surface area contributed by atoms with Gasteiger partial charge in [0.15, 0.2) is 11.5 Å². The number of aromatic amines is 1. The number of nitrogens with one attached hydrogen (secondary N) is 2. The van der Waals surface area contributed by atoms with E-state index in [0.29, 0.717) is 19.3 Å². The molecule has 3 heterocycles. The van der Waals surface area contributed by atoms with E-state index in [9.17, 15) is 0 Å². The van der Waals surface area contributed by atoms with Crippen molar-refractivity contribution in [1.29, 1.82) is 0 Å². The molecule has 19 heavy (non-hydrogen) atoms. The number of aromatic nitrogens is 2. The third kappa shape index (κ3) is 1.94. The second kappa shape index (κ2) is 4.42. The average Bonchev–Trinajstić information content (AvgIpc) is 2.88. The third-order valence-electron chi connectivity index (χ3n) is 3.80. The molecule has 0 amide bonds. The Labute approximate surface area is 111 Å². The van der Waals surface area contributed by atoms with Gasteiger partial charge >= 0.3 is 0 Å². The van der Waals surface area contributed by atoms with Gasteiger partial charge in [-0.05, 0) is 19.4 Å². The van der Waals surface area contributed by atoms with Crippen molar-refractivity contribution in [2.75, 3.05) is 19.8 Å². The number of hydrogen-bond acceptors (Lipinski definition) is 4. The Kier molecular flexibility index (Phi) is 2.58. The first kappa shape index (κ1) is 11.1. The Morgan fingerprint density at radius 1 is 1.11 bits per heavy atom. The van der Waals surface area contributed by atoms with Crippen LogP contribution in [0.1, 0.15) is 31.1 Å². The summed E-state index contributed by atoms with van der Waals surface area (Å²) in [7, 11) is 0. The largest absolute Gasteiger partial charge is 0.486 e. The molecule has 2 aromatic rings. The fourth-order valence-electron chi connectivity index (χ4n) is 2.82. The van der Waals surface area contributed by atoms with Crippen LogP contribution in [0.2, 0.25) is 0 Å². The number of piperidine rings is 1. The van der Waals surface area contributed by atoms with Gasteiger partial charge in [-0.1, -0.05) is 6.42 Å². The van der Waals surface area contributed by atoms with Crippen LogP contribution in [0.15, 0.2) is 12.1 Å². The fraction of sp³-hybridized carbons (Fsp3) is 0.500. The van der Waals surface area contributed by atoms with Crippen molar-refractivity contribution in [1.82, 2.24) is 15.3 Å². The number of ether oxygens (including phenoxy) is 2. The summed E-state index contributed by atoms with van der Waals surface area (Å²) >= 11 is 0.